The number of hydrogen-bond acceptors (Lipinski definition) is 1. The van der Waals surface area contributed by atoms with Crippen LogP contribution >= 0.6 is 12.2 Å². The molecule has 20 heavy (non-hydrogen) atoms. The number of benzene rings is 2. The van der Waals surface area contributed by atoms with Crippen molar-refractivity contribution in [1.82, 2.24) is 9.55 Å². The van der Waals surface area contributed by atoms with E-state index in [-0.39, 0.29) is 0 Å². The topological polar surface area (TPSA) is 20.7 Å². The Kier molecular flexibility index (Phi) is 3.35. The molecule has 3 aromatic rings. The summed E-state index contributed by atoms with van der Waals surface area (Å²) in [5, 5.41) is 0. The number of nitrogens with zero attached hydrogens (tertiary/aromatic N) is 1. The summed E-state index contributed by atoms with van der Waals surface area (Å²) < 4.78 is 2.56. The maximum Gasteiger partial charge on any atom is 0.182 e. The van der Waals surface area contributed by atoms with Gasteiger partial charge in [-0.25, -0.2) is 0 Å². The molecule has 3 rings (SSSR count). The number of hydrogen-bond donors (Lipinski definition) is 1. The Morgan fingerprint density at radius 1 is 0.900 bits per heavy atom. The van der Waals surface area contributed by atoms with Crippen LogP contribution in [0, 0.1) is 4.77 Å². The molecule has 0 aliphatic rings. The van der Waals surface area contributed by atoms with Gasteiger partial charge in [0, 0.05) is 17.3 Å². The lowest BCUT2D eigenvalue weighted by Crippen LogP contribution is -1.90. The third kappa shape index (κ3) is 2.12. The number of rotatable bonds is 3. The molecular weight excluding hydrogens is 264 g/mol. The van der Waals surface area contributed by atoms with Crippen molar-refractivity contribution in [3.05, 3.63) is 72.0 Å². The molecule has 1 N–H and O–H groups in total. The first-order chi connectivity index (χ1) is 9.81. The molecule has 0 spiro atoms. The zero-order chi connectivity index (χ0) is 13.9. The molecule has 1 aromatic heterocycles. The molecule has 0 unspecified atom stereocenters. The lowest BCUT2D eigenvalue weighted by atomic mass is 10.0. The quantitative estimate of drug-likeness (QED) is 0.670. The molecule has 0 radical (unpaired) electrons. The van der Waals surface area contributed by atoms with Gasteiger partial charge in [0.1, 0.15) is 0 Å². The second kappa shape index (κ2) is 5.31. The first kappa shape index (κ1) is 12.6. The van der Waals surface area contributed by atoms with Gasteiger partial charge in [-0.1, -0.05) is 67.2 Å². The number of aromatic nitrogens is 2. The van der Waals surface area contributed by atoms with E-state index in [9.17, 15) is 0 Å². The molecule has 0 atom stereocenters. The van der Waals surface area contributed by atoms with Gasteiger partial charge in [0.2, 0.25) is 0 Å². The molecule has 2 nitrogen and oxygen atoms in total. The predicted octanol–water partition coefficient (Wildman–Crippen LogP) is 4.98. The summed E-state index contributed by atoms with van der Waals surface area (Å²) in [6.45, 7) is 3.86. The van der Waals surface area contributed by atoms with E-state index in [1.54, 1.807) is 6.20 Å². The summed E-state index contributed by atoms with van der Waals surface area (Å²) in [5.41, 5.74) is 4.27. The van der Waals surface area contributed by atoms with Crippen LogP contribution in [-0.4, -0.2) is 9.55 Å². The second-order valence-electron chi connectivity index (χ2n) is 4.44. The second-order valence-corrected chi connectivity index (χ2v) is 4.83. The minimum Gasteiger partial charge on any atom is -0.330 e. The van der Waals surface area contributed by atoms with Gasteiger partial charge < -0.3 is 4.98 Å². The van der Waals surface area contributed by atoms with Gasteiger partial charge in [-0.2, -0.15) is 0 Å². The number of imidazole rings is 1. The van der Waals surface area contributed by atoms with E-state index in [1.807, 2.05) is 41.0 Å². The summed E-state index contributed by atoms with van der Waals surface area (Å²) in [5.74, 6) is 0. The fourth-order valence-corrected chi connectivity index (χ4v) is 2.58. The summed E-state index contributed by atoms with van der Waals surface area (Å²) in [6, 6.07) is 20.4. The first-order valence-corrected chi connectivity index (χ1v) is 6.80. The van der Waals surface area contributed by atoms with Crippen LogP contribution in [0.2, 0.25) is 0 Å². The lowest BCUT2D eigenvalue weighted by Gasteiger charge is -2.07. The van der Waals surface area contributed by atoms with Crippen LogP contribution < -0.4 is 0 Å². The van der Waals surface area contributed by atoms with Gasteiger partial charge >= 0.3 is 0 Å². The number of nitrogens with one attached hydrogen (secondary N) is 1. The molecule has 0 bridgehead atoms. The Morgan fingerprint density at radius 2 is 1.45 bits per heavy atom. The SMILES string of the molecule is C=Cn1c(-c2ccccc2)c(-c2ccccc2)[nH]c1=S. The smallest absolute Gasteiger partial charge is 0.182 e. The van der Waals surface area contributed by atoms with E-state index in [1.165, 1.54) is 0 Å². The van der Waals surface area contributed by atoms with E-state index in [0.717, 1.165) is 22.5 Å². The van der Waals surface area contributed by atoms with E-state index in [0.29, 0.717) is 4.77 Å². The molecule has 0 fully saturated rings. The summed E-state index contributed by atoms with van der Waals surface area (Å²) >= 11 is 5.40. The summed E-state index contributed by atoms with van der Waals surface area (Å²) in [7, 11) is 0. The van der Waals surface area contributed by atoms with Crippen LogP contribution in [0.15, 0.2) is 67.2 Å². The van der Waals surface area contributed by atoms with Crippen molar-refractivity contribution in [3.63, 3.8) is 0 Å². The van der Waals surface area contributed by atoms with Gasteiger partial charge in [-0.05, 0) is 12.2 Å². The van der Waals surface area contributed by atoms with Crippen molar-refractivity contribution in [2.75, 3.05) is 0 Å². The predicted molar refractivity (Wildman–Crippen MR) is 86.9 cm³/mol. The van der Waals surface area contributed by atoms with Crippen molar-refractivity contribution in [1.29, 1.82) is 0 Å². The van der Waals surface area contributed by atoms with Gasteiger partial charge in [-0.3, -0.25) is 4.57 Å². The Morgan fingerprint density at radius 3 is 2.00 bits per heavy atom. The molecular formula is C17H14N2S. The molecule has 98 valence electrons. The molecule has 0 saturated carbocycles. The third-order valence-electron chi connectivity index (χ3n) is 3.22. The monoisotopic (exact) mass is 278 g/mol. The van der Waals surface area contributed by atoms with Crippen molar-refractivity contribution >= 4 is 18.4 Å². The maximum atomic E-state index is 5.40. The van der Waals surface area contributed by atoms with Crippen LogP contribution in [0.4, 0.5) is 0 Å². The highest BCUT2D eigenvalue weighted by Crippen LogP contribution is 2.31. The van der Waals surface area contributed by atoms with Crippen molar-refractivity contribution in [2.45, 2.75) is 0 Å². The molecule has 2 aromatic carbocycles. The van der Waals surface area contributed by atoms with Crippen LogP contribution in [0.1, 0.15) is 0 Å². The largest absolute Gasteiger partial charge is 0.330 e. The summed E-state index contributed by atoms with van der Waals surface area (Å²) in [6.07, 6.45) is 1.74. The van der Waals surface area contributed by atoms with Gasteiger partial charge in [0.15, 0.2) is 4.77 Å². The zero-order valence-corrected chi connectivity index (χ0v) is 11.7. The minimum atomic E-state index is 0.651. The average Bonchev–Trinajstić information content (AvgIpc) is 2.85. The molecule has 0 aliphatic carbocycles. The van der Waals surface area contributed by atoms with Crippen LogP contribution in [0.5, 0.6) is 0 Å². The fourth-order valence-electron chi connectivity index (χ4n) is 2.32. The molecule has 3 heteroatoms. The normalized spacial score (nSPS) is 10.4. The molecule has 1 heterocycles. The van der Waals surface area contributed by atoms with E-state index >= 15 is 0 Å². The van der Waals surface area contributed by atoms with Gasteiger partial charge in [0.25, 0.3) is 0 Å². The lowest BCUT2D eigenvalue weighted by molar-refractivity contribution is 1.11. The number of H-pyrrole nitrogens is 1. The van der Waals surface area contributed by atoms with Gasteiger partial charge in [-0.15, -0.1) is 0 Å². The maximum absolute atomic E-state index is 5.40. The third-order valence-corrected chi connectivity index (χ3v) is 3.52. The zero-order valence-electron chi connectivity index (χ0n) is 10.9. The fraction of sp³-hybridized carbons (Fsp3) is 0. The molecule has 0 amide bonds. The highest BCUT2D eigenvalue weighted by molar-refractivity contribution is 7.71. The number of aromatic amines is 1. The van der Waals surface area contributed by atoms with Crippen LogP contribution in [-0.2, 0) is 0 Å². The Bertz CT molecular complexity index is 783. The molecule has 0 aliphatic heterocycles. The van der Waals surface area contributed by atoms with E-state index in [2.05, 4.69) is 35.8 Å². The van der Waals surface area contributed by atoms with Gasteiger partial charge in [0.05, 0.1) is 11.4 Å². The van der Waals surface area contributed by atoms with Crippen LogP contribution in [0.25, 0.3) is 28.7 Å². The van der Waals surface area contributed by atoms with E-state index < -0.39 is 0 Å². The Hall–Kier alpha value is -2.39. The van der Waals surface area contributed by atoms with Crippen molar-refractivity contribution in [2.24, 2.45) is 0 Å². The van der Waals surface area contributed by atoms with E-state index in [4.69, 9.17) is 12.2 Å². The first-order valence-electron chi connectivity index (χ1n) is 6.39. The summed E-state index contributed by atoms with van der Waals surface area (Å²) in [4.78, 5) is 3.29. The van der Waals surface area contributed by atoms with Crippen LogP contribution in [0.3, 0.4) is 0 Å². The average molecular weight is 278 g/mol. The standard InChI is InChI=1S/C17H14N2S/c1-2-19-16(14-11-7-4-8-12-14)15(18-17(19)20)13-9-5-3-6-10-13/h2-12H,1H2,(H,18,20). The highest BCUT2D eigenvalue weighted by Gasteiger charge is 2.13. The molecule has 0 saturated heterocycles. The highest BCUT2D eigenvalue weighted by atomic mass is 32.1. The minimum absolute atomic E-state index is 0.651. The Labute approximate surface area is 123 Å². The van der Waals surface area contributed by atoms with Crippen molar-refractivity contribution < 1.29 is 0 Å². The Balaban J connectivity index is 2.32. The van der Waals surface area contributed by atoms with Crippen molar-refractivity contribution in [3.8, 4) is 22.5 Å².